The van der Waals surface area contributed by atoms with Crippen molar-refractivity contribution in [3.8, 4) is 0 Å². The van der Waals surface area contributed by atoms with Gasteiger partial charge in [-0.3, -0.25) is 8.37 Å². The zero-order valence-electron chi connectivity index (χ0n) is 12.7. The second-order valence-corrected chi connectivity index (χ2v) is 6.73. The summed E-state index contributed by atoms with van der Waals surface area (Å²) in [5.41, 5.74) is 2.23. The van der Waals surface area contributed by atoms with Crippen LogP contribution in [0, 0.1) is 0 Å². The highest BCUT2D eigenvalue weighted by Gasteiger charge is 2.45. The van der Waals surface area contributed by atoms with Crippen LogP contribution in [0.15, 0.2) is 60.7 Å². The van der Waals surface area contributed by atoms with E-state index in [-0.39, 0.29) is 18.2 Å². The van der Waals surface area contributed by atoms with Crippen molar-refractivity contribution in [1.82, 2.24) is 0 Å². The molecule has 1 saturated heterocycles. The van der Waals surface area contributed by atoms with Gasteiger partial charge in [0.1, 0.15) is 12.2 Å². The number of anilines is 2. The Morgan fingerprint density at radius 2 is 1.48 bits per heavy atom. The highest BCUT2D eigenvalue weighted by Crippen LogP contribution is 2.39. The van der Waals surface area contributed by atoms with Crippen molar-refractivity contribution in [2.45, 2.75) is 37.5 Å². The molecule has 1 aliphatic carbocycles. The Morgan fingerprint density at radius 1 is 0.870 bits per heavy atom. The van der Waals surface area contributed by atoms with Gasteiger partial charge in [-0.1, -0.05) is 36.4 Å². The molecule has 4 rings (SSSR count). The van der Waals surface area contributed by atoms with Gasteiger partial charge in [-0.2, -0.15) is 4.21 Å². The van der Waals surface area contributed by atoms with Crippen molar-refractivity contribution in [1.29, 1.82) is 0 Å². The van der Waals surface area contributed by atoms with Gasteiger partial charge in [0.05, 0.1) is 6.04 Å². The fourth-order valence-corrected chi connectivity index (χ4v) is 4.42. The summed E-state index contributed by atoms with van der Waals surface area (Å²) in [6.45, 7) is 0. The minimum absolute atomic E-state index is 0.0792. The molecular weight excluding hydrogens is 310 g/mol. The van der Waals surface area contributed by atoms with E-state index in [1.54, 1.807) is 0 Å². The first-order chi connectivity index (χ1) is 11.3. The number of benzene rings is 2. The van der Waals surface area contributed by atoms with E-state index in [2.05, 4.69) is 29.2 Å². The first-order valence-electron chi connectivity index (χ1n) is 7.98. The Bertz CT molecular complexity index is 640. The molecule has 120 valence electrons. The molecule has 23 heavy (non-hydrogen) atoms. The second kappa shape index (κ2) is 6.43. The Kier molecular flexibility index (Phi) is 4.16. The predicted molar refractivity (Wildman–Crippen MR) is 90.6 cm³/mol. The molecule has 1 saturated carbocycles. The van der Waals surface area contributed by atoms with E-state index in [1.165, 1.54) is 0 Å². The first-order valence-corrected chi connectivity index (χ1v) is 8.98. The minimum atomic E-state index is -1.62. The summed E-state index contributed by atoms with van der Waals surface area (Å²) in [5, 5.41) is 0. The second-order valence-electron chi connectivity index (χ2n) is 5.94. The predicted octanol–water partition coefficient (Wildman–Crippen LogP) is 3.74. The van der Waals surface area contributed by atoms with E-state index in [0.717, 1.165) is 30.6 Å². The van der Waals surface area contributed by atoms with Crippen LogP contribution >= 0.6 is 0 Å². The smallest absolute Gasteiger partial charge is 0.305 e. The van der Waals surface area contributed by atoms with Gasteiger partial charge in [-0.15, -0.1) is 0 Å². The van der Waals surface area contributed by atoms with Gasteiger partial charge in [-0.05, 0) is 43.5 Å². The first kappa shape index (κ1) is 14.9. The third kappa shape index (κ3) is 2.92. The van der Waals surface area contributed by atoms with E-state index in [4.69, 9.17) is 8.37 Å². The maximum absolute atomic E-state index is 11.7. The molecule has 0 aromatic heterocycles. The van der Waals surface area contributed by atoms with Crippen LogP contribution in [0.5, 0.6) is 0 Å². The minimum Gasteiger partial charge on any atom is -0.336 e. The highest BCUT2D eigenvalue weighted by molar-refractivity contribution is 7.75. The maximum atomic E-state index is 11.7. The topological polar surface area (TPSA) is 38.8 Å². The summed E-state index contributed by atoms with van der Waals surface area (Å²) in [7, 11) is 0. The lowest BCUT2D eigenvalue weighted by atomic mass is 9.88. The molecule has 0 radical (unpaired) electrons. The van der Waals surface area contributed by atoms with Crippen molar-refractivity contribution >= 4 is 22.7 Å². The summed E-state index contributed by atoms with van der Waals surface area (Å²) in [5.74, 6) is 0. The molecule has 0 spiro atoms. The lowest BCUT2D eigenvalue weighted by Gasteiger charge is -2.40. The van der Waals surface area contributed by atoms with E-state index in [0.29, 0.717) is 0 Å². The standard InChI is InChI=1S/C18H19NO3S/c20-23-21-17-13-7-12-16(18(17)22-23)19(14-8-3-1-4-9-14)15-10-5-2-6-11-15/h1-6,8-11,16-18H,7,12-13H2. The van der Waals surface area contributed by atoms with Crippen LogP contribution in [0.2, 0.25) is 0 Å². The highest BCUT2D eigenvalue weighted by atomic mass is 32.2. The fraction of sp³-hybridized carbons (Fsp3) is 0.333. The van der Waals surface area contributed by atoms with Gasteiger partial charge < -0.3 is 4.90 Å². The zero-order chi connectivity index (χ0) is 15.6. The molecule has 2 aliphatic rings. The summed E-state index contributed by atoms with van der Waals surface area (Å²) in [4.78, 5) is 2.29. The van der Waals surface area contributed by atoms with Crippen molar-refractivity contribution < 1.29 is 12.6 Å². The summed E-state index contributed by atoms with van der Waals surface area (Å²) in [6.07, 6.45) is 2.70. The molecule has 0 amide bonds. The van der Waals surface area contributed by atoms with Gasteiger partial charge in [0, 0.05) is 11.4 Å². The van der Waals surface area contributed by atoms with Crippen molar-refractivity contribution in [3.05, 3.63) is 60.7 Å². The summed E-state index contributed by atoms with van der Waals surface area (Å²) >= 11 is -1.62. The number of para-hydroxylation sites is 2. The van der Waals surface area contributed by atoms with Crippen molar-refractivity contribution in [2.24, 2.45) is 0 Å². The number of hydrogen-bond donors (Lipinski definition) is 0. The average Bonchev–Trinajstić information content (AvgIpc) is 2.98. The average molecular weight is 329 g/mol. The van der Waals surface area contributed by atoms with E-state index in [9.17, 15) is 4.21 Å². The molecule has 4 nitrogen and oxygen atoms in total. The third-order valence-electron chi connectivity index (χ3n) is 4.53. The molecule has 2 fully saturated rings. The van der Waals surface area contributed by atoms with Crippen molar-refractivity contribution in [3.63, 3.8) is 0 Å². The van der Waals surface area contributed by atoms with E-state index >= 15 is 0 Å². The molecule has 1 aliphatic heterocycles. The van der Waals surface area contributed by atoms with Crippen LogP contribution in [-0.2, 0) is 19.7 Å². The van der Waals surface area contributed by atoms with Gasteiger partial charge in [0.15, 0.2) is 0 Å². The van der Waals surface area contributed by atoms with Gasteiger partial charge in [0.25, 0.3) is 0 Å². The monoisotopic (exact) mass is 329 g/mol. The van der Waals surface area contributed by atoms with Crippen molar-refractivity contribution in [2.75, 3.05) is 4.90 Å². The molecule has 2 aromatic carbocycles. The van der Waals surface area contributed by atoms with Crippen LogP contribution in [0.25, 0.3) is 0 Å². The number of rotatable bonds is 3. The lowest BCUT2D eigenvalue weighted by Crippen LogP contribution is -2.48. The summed E-state index contributed by atoms with van der Waals surface area (Å²) in [6, 6.07) is 20.7. The normalized spacial score (nSPS) is 29.9. The quantitative estimate of drug-likeness (QED) is 0.860. The lowest BCUT2D eigenvalue weighted by molar-refractivity contribution is 0.0920. The van der Waals surface area contributed by atoms with Crippen LogP contribution in [0.4, 0.5) is 11.4 Å². The largest absolute Gasteiger partial charge is 0.336 e. The summed E-state index contributed by atoms with van der Waals surface area (Å²) < 4.78 is 22.7. The molecule has 1 heterocycles. The third-order valence-corrected chi connectivity index (χ3v) is 5.31. The molecule has 4 atom stereocenters. The Labute approximate surface area is 138 Å². The Hall–Kier alpha value is -1.69. The van der Waals surface area contributed by atoms with Gasteiger partial charge >= 0.3 is 11.4 Å². The van der Waals surface area contributed by atoms with Gasteiger partial charge in [-0.25, -0.2) is 0 Å². The van der Waals surface area contributed by atoms with Crippen LogP contribution in [0.3, 0.4) is 0 Å². The Morgan fingerprint density at radius 3 is 2.09 bits per heavy atom. The fourth-order valence-electron chi connectivity index (χ4n) is 3.53. The SMILES string of the molecule is O=S1OC2CCCC(N(c3ccccc3)c3ccccc3)C2O1. The number of hydrogen-bond acceptors (Lipinski definition) is 4. The molecule has 0 N–H and O–H groups in total. The van der Waals surface area contributed by atoms with Gasteiger partial charge in [0.2, 0.25) is 0 Å². The Balaban J connectivity index is 1.74. The molecule has 4 unspecified atom stereocenters. The maximum Gasteiger partial charge on any atom is 0.305 e. The van der Waals surface area contributed by atoms with Crippen LogP contribution in [-0.4, -0.2) is 22.5 Å². The van der Waals surface area contributed by atoms with Crippen LogP contribution < -0.4 is 4.90 Å². The molecule has 2 aromatic rings. The zero-order valence-corrected chi connectivity index (χ0v) is 13.5. The molecule has 5 heteroatoms. The van der Waals surface area contributed by atoms with Crippen LogP contribution in [0.1, 0.15) is 19.3 Å². The van der Waals surface area contributed by atoms with E-state index < -0.39 is 11.4 Å². The number of nitrogens with zero attached hydrogens (tertiary/aromatic N) is 1. The van der Waals surface area contributed by atoms with E-state index in [1.807, 2.05) is 36.4 Å². The molecular formula is C18H19NO3S. The molecule has 0 bridgehead atoms. The number of fused-ring (bicyclic) bond motifs is 1.